The van der Waals surface area contributed by atoms with Gasteiger partial charge in [0.05, 0.1) is 9.90 Å². The van der Waals surface area contributed by atoms with E-state index in [-0.39, 0.29) is 18.4 Å². The zero-order valence-electron chi connectivity index (χ0n) is 13.6. The van der Waals surface area contributed by atoms with Crippen molar-refractivity contribution in [2.24, 2.45) is 0 Å². The fourth-order valence-electron chi connectivity index (χ4n) is 2.14. The van der Waals surface area contributed by atoms with Crippen molar-refractivity contribution in [2.75, 3.05) is 17.2 Å². The van der Waals surface area contributed by atoms with E-state index >= 15 is 0 Å². The average Bonchev–Trinajstić information content (AvgIpc) is 3.17. The van der Waals surface area contributed by atoms with Gasteiger partial charge in [-0.3, -0.25) is 9.59 Å². The van der Waals surface area contributed by atoms with E-state index in [0.29, 0.717) is 27.0 Å². The summed E-state index contributed by atoms with van der Waals surface area (Å²) in [6.45, 7) is -0.152. The minimum Gasteiger partial charge on any atom is -0.482 e. The highest BCUT2D eigenvalue weighted by Gasteiger charge is 2.08. The minimum atomic E-state index is -0.305. The van der Waals surface area contributed by atoms with Gasteiger partial charge in [0.2, 0.25) is 0 Å². The molecule has 0 radical (unpaired) electrons. The van der Waals surface area contributed by atoms with Crippen LogP contribution < -0.4 is 15.4 Å². The standard InChI is InChI=1S/C19H15ClN2O3S/c20-15-4-1-2-5-16(15)25-12-18(23)21-13-7-9-14(10-8-13)22-19(24)17-6-3-11-26-17/h1-11H,12H2,(H,21,23)(H,22,24). The number of hydrogen-bond acceptors (Lipinski definition) is 4. The van der Waals surface area contributed by atoms with Crippen molar-refractivity contribution >= 4 is 46.1 Å². The summed E-state index contributed by atoms with van der Waals surface area (Å²) in [6, 6.07) is 17.4. The van der Waals surface area contributed by atoms with Gasteiger partial charge in [-0.05, 0) is 47.8 Å². The Labute approximate surface area is 159 Å². The third-order valence-corrected chi connectivity index (χ3v) is 4.55. The van der Waals surface area contributed by atoms with Crippen LogP contribution >= 0.6 is 22.9 Å². The summed E-state index contributed by atoms with van der Waals surface area (Å²) >= 11 is 7.35. The number of rotatable bonds is 6. The van der Waals surface area contributed by atoms with Crippen LogP contribution in [0.5, 0.6) is 5.75 Å². The molecule has 0 saturated carbocycles. The average molecular weight is 387 g/mol. The third kappa shape index (κ3) is 4.84. The quantitative estimate of drug-likeness (QED) is 0.646. The Bertz CT molecular complexity index is 895. The van der Waals surface area contributed by atoms with E-state index < -0.39 is 0 Å². The summed E-state index contributed by atoms with van der Waals surface area (Å²) in [6.07, 6.45) is 0. The smallest absolute Gasteiger partial charge is 0.265 e. The zero-order chi connectivity index (χ0) is 18.4. The number of carbonyl (C=O) groups is 2. The van der Waals surface area contributed by atoms with E-state index in [1.807, 2.05) is 11.4 Å². The van der Waals surface area contributed by atoms with Gasteiger partial charge in [-0.2, -0.15) is 0 Å². The Balaban J connectivity index is 1.51. The van der Waals surface area contributed by atoms with Gasteiger partial charge >= 0.3 is 0 Å². The highest BCUT2D eigenvalue weighted by molar-refractivity contribution is 7.12. The number of anilines is 2. The second-order valence-corrected chi connectivity index (χ2v) is 6.63. The van der Waals surface area contributed by atoms with E-state index in [1.54, 1.807) is 54.6 Å². The molecule has 1 heterocycles. The van der Waals surface area contributed by atoms with Gasteiger partial charge in [-0.1, -0.05) is 29.8 Å². The molecular weight excluding hydrogens is 372 g/mol. The minimum absolute atomic E-state index is 0.152. The maximum Gasteiger partial charge on any atom is 0.265 e. The first kappa shape index (κ1) is 18.0. The molecular formula is C19H15ClN2O3S. The van der Waals surface area contributed by atoms with E-state index in [2.05, 4.69) is 10.6 Å². The largest absolute Gasteiger partial charge is 0.482 e. The van der Waals surface area contributed by atoms with Gasteiger partial charge in [0.25, 0.3) is 11.8 Å². The molecule has 2 amide bonds. The van der Waals surface area contributed by atoms with Gasteiger partial charge in [0.1, 0.15) is 5.75 Å². The number of nitrogens with one attached hydrogen (secondary N) is 2. The van der Waals surface area contributed by atoms with E-state index in [9.17, 15) is 9.59 Å². The van der Waals surface area contributed by atoms with Crippen LogP contribution in [0, 0.1) is 0 Å². The van der Waals surface area contributed by atoms with Crippen molar-refractivity contribution in [3.63, 3.8) is 0 Å². The first-order valence-electron chi connectivity index (χ1n) is 7.74. The molecule has 26 heavy (non-hydrogen) atoms. The highest BCUT2D eigenvalue weighted by Crippen LogP contribution is 2.23. The number of amides is 2. The van der Waals surface area contributed by atoms with Gasteiger partial charge in [-0.15, -0.1) is 11.3 Å². The number of ether oxygens (including phenoxy) is 1. The summed E-state index contributed by atoms with van der Waals surface area (Å²) in [5.41, 5.74) is 1.25. The Morgan fingerprint density at radius 3 is 2.27 bits per heavy atom. The van der Waals surface area contributed by atoms with Crippen LogP contribution in [0.3, 0.4) is 0 Å². The lowest BCUT2D eigenvalue weighted by Gasteiger charge is -2.09. The third-order valence-electron chi connectivity index (χ3n) is 3.37. The number of hydrogen-bond donors (Lipinski definition) is 2. The lowest BCUT2D eigenvalue weighted by atomic mass is 10.2. The summed E-state index contributed by atoms with van der Waals surface area (Å²) in [5.74, 6) is -0.0128. The molecule has 0 aliphatic rings. The van der Waals surface area contributed by atoms with Gasteiger partial charge < -0.3 is 15.4 Å². The lowest BCUT2D eigenvalue weighted by Crippen LogP contribution is -2.20. The van der Waals surface area contributed by atoms with Crippen molar-refractivity contribution in [3.05, 3.63) is 75.9 Å². The number of carbonyl (C=O) groups excluding carboxylic acids is 2. The number of para-hydroxylation sites is 1. The molecule has 7 heteroatoms. The predicted molar refractivity (Wildman–Crippen MR) is 104 cm³/mol. The summed E-state index contributed by atoms with van der Waals surface area (Å²) in [7, 11) is 0. The van der Waals surface area contributed by atoms with Crippen molar-refractivity contribution in [1.29, 1.82) is 0 Å². The van der Waals surface area contributed by atoms with Crippen molar-refractivity contribution in [3.8, 4) is 5.75 Å². The second-order valence-electron chi connectivity index (χ2n) is 5.28. The van der Waals surface area contributed by atoms with Crippen LogP contribution in [-0.2, 0) is 4.79 Å². The van der Waals surface area contributed by atoms with Crippen LogP contribution in [-0.4, -0.2) is 18.4 Å². The van der Waals surface area contributed by atoms with E-state index in [4.69, 9.17) is 16.3 Å². The molecule has 0 aliphatic heterocycles. The van der Waals surface area contributed by atoms with E-state index in [1.165, 1.54) is 11.3 Å². The summed E-state index contributed by atoms with van der Waals surface area (Å²) in [5, 5.41) is 7.81. The van der Waals surface area contributed by atoms with Crippen LogP contribution in [0.15, 0.2) is 66.0 Å². The fraction of sp³-hybridized carbons (Fsp3) is 0.0526. The Morgan fingerprint density at radius 2 is 1.62 bits per heavy atom. The molecule has 0 bridgehead atoms. The van der Waals surface area contributed by atoms with Gasteiger partial charge in [0, 0.05) is 11.4 Å². The molecule has 5 nitrogen and oxygen atoms in total. The molecule has 132 valence electrons. The van der Waals surface area contributed by atoms with Crippen LogP contribution in [0.2, 0.25) is 5.02 Å². The lowest BCUT2D eigenvalue weighted by molar-refractivity contribution is -0.118. The van der Waals surface area contributed by atoms with Gasteiger partial charge in [-0.25, -0.2) is 0 Å². The van der Waals surface area contributed by atoms with E-state index in [0.717, 1.165) is 0 Å². The predicted octanol–water partition coefficient (Wildman–Crippen LogP) is 4.67. The maximum atomic E-state index is 12.0. The van der Waals surface area contributed by atoms with Crippen molar-refractivity contribution in [1.82, 2.24) is 0 Å². The SMILES string of the molecule is O=C(COc1ccccc1Cl)Nc1ccc(NC(=O)c2cccs2)cc1. The molecule has 0 atom stereocenters. The van der Waals surface area contributed by atoms with Crippen molar-refractivity contribution in [2.45, 2.75) is 0 Å². The molecule has 0 saturated heterocycles. The Morgan fingerprint density at radius 1 is 0.923 bits per heavy atom. The second kappa shape index (κ2) is 8.51. The number of thiophene rings is 1. The van der Waals surface area contributed by atoms with Crippen LogP contribution in [0.4, 0.5) is 11.4 Å². The van der Waals surface area contributed by atoms with Crippen LogP contribution in [0.1, 0.15) is 9.67 Å². The monoisotopic (exact) mass is 386 g/mol. The molecule has 0 aliphatic carbocycles. The normalized spacial score (nSPS) is 10.2. The molecule has 0 unspecified atom stereocenters. The summed E-state index contributed by atoms with van der Waals surface area (Å²) in [4.78, 5) is 24.6. The first-order valence-corrected chi connectivity index (χ1v) is 9.00. The first-order chi connectivity index (χ1) is 12.6. The number of benzene rings is 2. The van der Waals surface area contributed by atoms with Crippen molar-refractivity contribution < 1.29 is 14.3 Å². The highest BCUT2D eigenvalue weighted by atomic mass is 35.5. The Kier molecular flexibility index (Phi) is 5.88. The molecule has 0 fully saturated rings. The molecule has 1 aromatic heterocycles. The topological polar surface area (TPSA) is 67.4 Å². The Hall–Kier alpha value is -2.83. The molecule has 2 N–H and O–H groups in total. The van der Waals surface area contributed by atoms with Crippen LogP contribution in [0.25, 0.3) is 0 Å². The molecule has 2 aromatic carbocycles. The molecule has 0 spiro atoms. The summed E-state index contributed by atoms with van der Waals surface area (Å²) < 4.78 is 5.39. The fourth-order valence-corrected chi connectivity index (χ4v) is 2.95. The maximum absolute atomic E-state index is 12.0. The van der Waals surface area contributed by atoms with Gasteiger partial charge in [0.15, 0.2) is 6.61 Å². The zero-order valence-corrected chi connectivity index (χ0v) is 15.1. The molecule has 3 aromatic rings. The molecule has 3 rings (SSSR count). The number of halogens is 1.